The fourth-order valence-electron chi connectivity index (χ4n) is 2.99. The fraction of sp³-hybridized carbons (Fsp3) is 0.211. The minimum atomic E-state index is -0.680. The first-order valence-electron chi connectivity index (χ1n) is 7.40. The van der Waals surface area contributed by atoms with Gasteiger partial charge in [0, 0.05) is 11.1 Å². The molecule has 0 amide bonds. The minimum Gasteiger partial charge on any atom is -0.298 e. The third-order valence-electron chi connectivity index (χ3n) is 4.18. The molecule has 0 aliphatic heterocycles. The Kier molecular flexibility index (Phi) is 3.96. The van der Waals surface area contributed by atoms with Crippen LogP contribution in [0.5, 0.6) is 0 Å². The fourth-order valence-corrected chi connectivity index (χ4v) is 2.99. The predicted molar refractivity (Wildman–Crippen MR) is 82.8 cm³/mol. The highest BCUT2D eigenvalue weighted by Gasteiger charge is 2.42. The minimum absolute atomic E-state index is 0.172. The van der Waals surface area contributed by atoms with E-state index in [1.165, 1.54) is 0 Å². The van der Waals surface area contributed by atoms with Crippen molar-refractivity contribution in [1.29, 1.82) is 0 Å². The second-order valence-corrected chi connectivity index (χ2v) is 5.55. The highest BCUT2D eigenvalue weighted by Crippen LogP contribution is 2.32. The van der Waals surface area contributed by atoms with Gasteiger partial charge in [-0.1, -0.05) is 60.7 Å². The molecule has 2 aromatic rings. The second kappa shape index (κ2) is 6.06. The van der Waals surface area contributed by atoms with E-state index in [1.807, 2.05) is 12.1 Å². The monoisotopic (exact) mass is 292 g/mol. The zero-order valence-corrected chi connectivity index (χ0v) is 12.1. The van der Waals surface area contributed by atoms with Gasteiger partial charge in [0.2, 0.25) is 0 Å². The quantitative estimate of drug-likeness (QED) is 0.641. The summed E-state index contributed by atoms with van der Waals surface area (Å²) in [5.41, 5.74) is 1.07. The van der Waals surface area contributed by atoms with Gasteiger partial charge in [0.25, 0.3) is 0 Å². The van der Waals surface area contributed by atoms with Crippen molar-refractivity contribution in [3.63, 3.8) is 0 Å². The third-order valence-corrected chi connectivity index (χ3v) is 4.18. The number of carbonyl (C=O) groups excluding carboxylic acids is 3. The van der Waals surface area contributed by atoms with Gasteiger partial charge in [-0.25, -0.2) is 0 Å². The molecule has 2 aromatic carbocycles. The van der Waals surface area contributed by atoms with Gasteiger partial charge in [-0.05, 0) is 12.8 Å². The van der Waals surface area contributed by atoms with Crippen LogP contribution in [-0.4, -0.2) is 17.3 Å². The summed E-state index contributed by atoms with van der Waals surface area (Å²) in [4.78, 5) is 37.4. The Morgan fingerprint density at radius 2 is 1.05 bits per heavy atom. The Hall–Kier alpha value is -2.55. The van der Waals surface area contributed by atoms with Gasteiger partial charge in [0.1, 0.15) is 0 Å². The maximum absolute atomic E-state index is 12.5. The highest BCUT2D eigenvalue weighted by atomic mass is 16.2. The summed E-state index contributed by atoms with van der Waals surface area (Å²) in [7, 11) is 0. The molecule has 0 saturated heterocycles. The van der Waals surface area contributed by atoms with Gasteiger partial charge >= 0.3 is 0 Å². The lowest BCUT2D eigenvalue weighted by Gasteiger charge is -2.09. The van der Waals surface area contributed by atoms with Crippen molar-refractivity contribution in [3.8, 4) is 0 Å². The van der Waals surface area contributed by atoms with Crippen LogP contribution in [0.2, 0.25) is 0 Å². The Morgan fingerprint density at radius 3 is 1.41 bits per heavy atom. The summed E-state index contributed by atoms with van der Waals surface area (Å²) >= 11 is 0. The van der Waals surface area contributed by atoms with Crippen molar-refractivity contribution in [2.24, 2.45) is 11.8 Å². The van der Waals surface area contributed by atoms with E-state index < -0.39 is 11.8 Å². The molecule has 22 heavy (non-hydrogen) atoms. The molecule has 3 heteroatoms. The first-order valence-corrected chi connectivity index (χ1v) is 7.40. The third kappa shape index (κ3) is 2.62. The zero-order valence-electron chi connectivity index (χ0n) is 12.1. The molecular weight excluding hydrogens is 276 g/mol. The molecule has 2 unspecified atom stereocenters. The average molecular weight is 292 g/mol. The van der Waals surface area contributed by atoms with Gasteiger partial charge in [0.15, 0.2) is 17.3 Å². The van der Waals surface area contributed by atoms with Crippen molar-refractivity contribution in [2.75, 3.05) is 0 Å². The van der Waals surface area contributed by atoms with E-state index in [4.69, 9.17) is 0 Å². The van der Waals surface area contributed by atoms with Gasteiger partial charge in [-0.15, -0.1) is 0 Å². The molecule has 1 aliphatic rings. The molecule has 3 nitrogen and oxygen atoms in total. The Balaban J connectivity index is 1.78. The van der Waals surface area contributed by atoms with E-state index >= 15 is 0 Å². The van der Waals surface area contributed by atoms with Crippen LogP contribution in [-0.2, 0) is 4.79 Å². The SMILES string of the molecule is O=C(c1ccccc1)C1CCC(C(=O)c2ccccc2)C1=O. The summed E-state index contributed by atoms with van der Waals surface area (Å²) in [6.45, 7) is 0. The number of rotatable bonds is 4. The highest BCUT2D eigenvalue weighted by molar-refractivity contribution is 6.20. The Labute approximate surface area is 129 Å². The van der Waals surface area contributed by atoms with Gasteiger partial charge in [0.05, 0.1) is 11.8 Å². The van der Waals surface area contributed by atoms with E-state index in [2.05, 4.69) is 0 Å². The van der Waals surface area contributed by atoms with E-state index in [1.54, 1.807) is 48.5 Å². The maximum Gasteiger partial charge on any atom is 0.173 e. The molecule has 0 heterocycles. The molecule has 1 fully saturated rings. The predicted octanol–water partition coefficient (Wildman–Crippen LogP) is 3.35. The smallest absolute Gasteiger partial charge is 0.173 e. The van der Waals surface area contributed by atoms with Crippen LogP contribution in [0.25, 0.3) is 0 Å². The molecule has 0 spiro atoms. The second-order valence-electron chi connectivity index (χ2n) is 5.55. The number of Topliss-reactive ketones (excluding diaryl/α,β-unsaturated/α-hetero) is 3. The van der Waals surface area contributed by atoms with Crippen LogP contribution in [0.4, 0.5) is 0 Å². The summed E-state index contributed by atoms with van der Waals surface area (Å²) in [6, 6.07) is 17.6. The Bertz CT molecular complexity index is 642. The first kappa shape index (κ1) is 14.4. The molecule has 0 bridgehead atoms. The van der Waals surface area contributed by atoms with Gasteiger partial charge in [-0.2, -0.15) is 0 Å². The van der Waals surface area contributed by atoms with Crippen LogP contribution in [0.1, 0.15) is 33.6 Å². The normalized spacial score (nSPS) is 20.8. The van der Waals surface area contributed by atoms with Crippen LogP contribution in [0, 0.1) is 11.8 Å². The molecule has 1 aliphatic carbocycles. The van der Waals surface area contributed by atoms with Crippen molar-refractivity contribution in [3.05, 3.63) is 71.8 Å². The van der Waals surface area contributed by atoms with E-state index in [9.17, 15) is 14.4 Å². The topological polar surface area (TPSA) is 51.2 Å². The molecule has 1 saturated carbocycles. The number of hydrogen-bond acceptors (Lipinski definition) is 3. The van der Waals surface area contributed by atoms with Crippen LogP contribution in [0.15, 0.2) is 60.7 Å². The first-order chi connectivity index (χ1) is 10.7. The summed E-state index contributed by atoms with van der Waals surface area (Å²) in [5, 5.41) is 0. The van der Waals surface area contributed by atoms with Crippen LogP contribution >= 0.6 is 0 Å². The zero-order chi connectivity index (χ0) is 15.5. The number of benzene rings is 2. The molecule has 0 radical (unpaired) electrons. The number of ketones is 3. The van der Waals surface area contributed by atoms with Crippen molar-refractivity contribution in [2.45, 2.75) is 12.8 Å². The average Bonchev–Trinajstić information content (AvgIpc) is 2.96. The Morgan fingerprint density at radius 1 is 0.682 bits per heavy atom. The maximum atomic E-state index is 12.5. The van der Waals surface area contributed by atoms with Crippen molar-refractivity contribution >= 4 is 17.3 Å². The van der Waals surface area contributed by atoms with Crippen LogP contribution in [0.3, 0.4) is 0 Å². The van der Waals surface area contributed by atoms with E-state index in [-0.39, 0.29) is 17.3 Å². The number of carbonyl (C=O) groups is 3. The van der Waals surface area contributed by atoms with Crippen LogP contribution < -0.4 is 0 Å². The molecule has 110 valence electrons. The van der Waals surface area contributed by atoms with Gasteiger partial charge < -0.3 is 0 Å². The molecular formula is C19H16O3. The lowest BCUT2D eigenvalue weighted by atomic mass is 9.91. The molecule has 0 N–H and O–H groups in total. The molecule has 2 atom stereocenters. The largest absolute Gasteiger partial charge is 0.298 e. The van der Waals surface area contributed by atoms with E-state index in [0.29, 0.717) is 24.0 Å². The summed E-state index contributed by atoms with van der Waals surface area (Å²) in [5.74, 6) is -1.94. The summed E-state index contributed by atoms with van der Waals surface area (Å²) < 4.78 is 0. The van der Waals surface area contributed by atoms with E-state index in [0.717, 1.165) is 0 Å². The van der Waals surface area contributed by atoms with Crippen molar-refractivity contribution in [1.82, 2.24) is 0 Å². The molecule has 0 aromatic heterocycles. The standard InChI is InChI=1S/C19H16O3/c20-17(13-7-3-1-4-8-13)15-11-12-16(19(15)22)18(21)14-9-5-2-6-10-14/h1-10,15-16H,11-12H2. The number of hydrogen-bond donors (Lipinski definition) is 0. The van der Waals surface area contributed by atoms with Crippen molar-refractivity contribution < 1.29 is 14.4 Å². The molecule has 3 rings (SSSR count). The lowest BCUT2D eigenvalue weighted by Crippen LogP contribution is -2.26. The van der Waals surface area contributed by atoms with Gasteiger partial charge in [-0.3, -0.25) is 14.4 Å². The summed E-state index contributed by atoms with van der Waals surface area (Å²) in [6.07, 6.45) is 0.908. The lowest BCUT2D eigenvalue weighted by molar-refractivity contribution is -0.121.